The van der Waals surface area contributed by atoms with E-state index < -0.39 is 0 Å². The highest BCUT2D eigenvalue weighted by Gasteiger charge is 2.12. The summed E-state index contributed by atoms with van der Waals surface area (Å²) in [4.78, 5) is 12.8. The molecule has 4 rings (SSSR count). The van der Waals surface area contributed by atoms with E-state index in [9.17, 15) is 4.79 Å². The molecule has 0 spiro atoms. The molecule has 0 unspecified atom stereocenters. The van der Waals surface area contributed by atoms with Crippen LogP contribution in [0.2, 0.25) is 5.02 Å². The SMILES string of the molecule is CCOc1ccccc1Oc1coc2cc(OCc3ccc(Cl)cc3)ccc2c1=O. The maximum Gasteiger partial charge on any atom is 0.235 e. The van der Waals surface area contributed by atoms with Crippen molar-refractivity contribution < 1.29 is 18.6 Å². The van der Waals surface area contributed by atoms with Crippen molar-refractivity contribution >= 4 is 22.6 Å². The minimum Gasteiger partial charge on any atom is -0.490 e. The van der Waals surface area contributed by atoms with Gasteiger partial charge in [-0.15, -0.1) is 0 Å². The van der Waals surface area contributed by atoms with E-state index in [-0.39, 0.29) is 11.2 Å². The summed E-state index contributed by atoms with van der Waals surface area (Å²) in [6.45, 7) is 2.75. The van der Waals surface area contributed by atoms with Crippen LogP contribution in [-0.4, -0.2) is 6.61 Å². The van der Waals surface area contributed by atoms with Crippen LogP contribution in [0.25, 0.3) is 11.0 Å². The molecular formula is C24H19ClO5. The first kappa shape index (κ1) is 19.9. The smallest absolute Gasteiger partial charge is 0.235 e. The summed E-state index contributed by atoms with van der Waals surface area (Å²) in [5.74, 6) is 1.69. The van der Waals surface area contributed by atoms with Gasteiger partial charge in [-0.05, 0) is 48.9 Å². The van der Waals surface area contributed by atoms with Gasteiger partial charge in [0.2, 0.25) is 11.2 Å². The van der Waals surface area contributed by atoms with E-state index in [4.69, 9.17) is 30.2 Å². The summed E-state index contributed by atoms with van der Waals surface area (Å²) in [6, 6.07) is 19.7. The molecule has 0 saturated carbocycles. The number of ether oxygens (including phenoxy) is 3. The Kier molecular flexibility index (Phi) is 5.91. The van der Waals surface area contributed by atoms with Crippen molar-refractivity contribution in [3.8, 4) is 23.0 Å². The summed E-state index contributed by atoms with van der Waals surface area (Å²) in [5, 5.41) is 1.08. The molecule has 0 bridgehead atoms. The largest absolute Gasteiger partial charge is 0.490 e. The molecule has 0 aliphatic rings. The maximum atomic E-state index is 12.8. The zero-order valence-corrected chi connectivity index (χ0v) is 17.0. The van der Waals surface area contributed by atoms with Crippen LogP contribution < -0.4 is 19.6 Å². The van der Waals surface area contributed by atoms with Crippen molar-refractivity contribution in [1.29, 1.82) is 0 Å². The monoisotopic (exact) mass is 422 g/mol. The van der Waals surface area contributed by atoms with Crippen LogP contribution in [0.1, 0.15) is 12.5 Å². The van der Waals surface area contributed by atoms with Gasteiger partial charge in [-0.1, -0.05) is 35.9 Å². The fourth-order valence-corrected chi connectivity index (χ4v) is 3.05. The summed E-state index contributed by atoms with van der Waals surface area (Å²) in [5.41, 5.74) is 1.13. The van der Waals surface area contributed by atoms with E-state index in [0.29, 0.717) is 46.5 Å². The summed E-state index contributed by atoms with van der Waals surface area (Å²) < 4.78 is 22.7. The van der Waals surface area contributed by atoms with Gasteiger partial charge >= 0.3 is 0 Å². The lowest BCUT2D eigenvalue weighted by Gasteiger charge is -2.11. The molecule has 5 nitrogen and oxygen atoms in total. The number of fused-ring (bicyclic) bond motifs is 1. The van der Waals surface area contributed by atoms with Gasteiger partial charge in [-0.3, -0.25) is 4.79 Å². The maximum absolute atomic E-state index is 12.8. The molecule has 1 aromatic heterocycles. The third kappa shape index (κ3) is 4.42. The van der Waals surface area contributed by atoms with Gasteiger partial charge in [0, 0.05) is 11.1 Å². The minimum atomic E-state index is -0.271. The predicted octanol–water partition coefficient (Wildman–Crippen LogP) is 6.22. The van der Waals surface area contributed by atoms with Crippen LogP contribution in [0.5, 0.6) is 23.0 Å². The molecule has 0 saturated heterocycles. The number of halogens is 1. The standard InChI is InChI=1S/C24H19ClO5/c1-2-27-20-5-3-4-6-21(20)30-23-15-29-22-13-18(11-12-19(22)24(23)26)28-14-16-7-9-17(25)10-8-16/h3-13,15H,2,14H2,1H3. The number of rotatable bonds is 7. The molecule has 152 valence electrons. The fraction of sp³-hybridized carbons (Fsp3) is 0.125. The Hall–Kier alpha value is -3.44. The quantitative estimate of drug-likeness (QED) is 0.354. The second-order valence-corrected chi connectivity index (χ2v) is 6.92. The van der Waals surface area contributed by atoms with Gasteiger partial charge in [0.05, 0.1) is 12.0 Å². The summed E-state index contributed by atoms with van der Waals surface area (Å²) in [7, 11) is 0. The second kappa shape index (κ2) is 8.93. The molecule has 0 N–H and O–H groups in total. The zero-order valence-electron chi connectivity index (χ0n) is 16.3. The third-order valence-electron chi connectivity index (χ3n) is 4.40. The van der Waals surface area contributed by atoms with Crippen LogP contribution in [0.4, 0.5) is 0 Å². The van der Waals surface area contributed by atoms with Crippen LogP contribution in [0, 0.1) is 0 Å². The number of para-hydroxylation sites is 2. The zero-order chi connectivity index (χ0) is 20.9. The highest BCUT2D eigenvalue weighted by Crippen LogP contribution is 2.31. The molecule has 30 heavy (non-hydrogen) atoms. The number of hydrogen-bond donors (Lipinski definition) is 0. The highest BCUT2D eigenvalue weighted by molar-refractivity contribution is 6.30. The van der Waals surface area contributed by atoms with Crippen LogP contribution >= 0.6 is 11.6 Å². The van der Waals surface area contributed by atoms with Crippen molar-refractivity contribution in [3.05, 3.63) is 93.8 Å². The van der Waals surface area contributed by atoms with Gasteiger partial charge in [-0.2, -0.15) is 0 Å². The van der Waals surface area contributed by atoms with E-state index in [1.807, 2.05) is 43.3 Å². The lowest BCUT2D eigenvalue weighted by atomic mass is 10.2. The number of benzene rings is 3. The Morgan fingerprint density at radius 1 is 0.900 bits per heavy atom. The Morgan fingerprint density at radius 3 is 2.43 bits per heavy atom. The summed E-state index contributed by atoms with van der Waals surface area (Å²) >= 11 is 5.90. The molecule has 0 aliphatic carbocycles. The van der Waals surface area contributed by atoms with Crippen LogP contribution in [-0.2, 0) is 6.61 Å². The first-order chi connectivity index (χ1) is 14.6. The fourth-order valence-electron chi connectivity index (χ4n) is 2.93. The average Bonchev–Trinajstić information content (AvgIpc) is 2.77. The van der Waals surface area contributed by atoms with E-state index >= 15 is 0 Å². The molecule has 1 heterocycles. The molecular weight excluding hydrogens is 404 g/mol. The normalized spacial score (nSPS) is 10.7. The number of hydrogen-bond acceptors (Lipinski definition) is 5. The van der Waals surface area contributed by atoms with Gasteiger partial charge in [0.15, 0.2) is 11.5 Å². The lowest BCUT2D eigenvalue weighted by molar-refractivity contribution is 0.306. The van der Waals surface area contributed by atoms with Gasteiger partial charge < -0.3 is 18.6 Å². The van der Waals surface area contributed by atoms with E-state index in [1.54, 1.807) is 30.3 Å². The Balaban J connectivity index is 1.55. The Morgan fingerprint density at radius 2 is 1.67 bits per heavy atom. The van der Waals surface area contributed by atoms with Crippen molar-refractivity contribution in [3.63, 3.8) is 0 Å². The molecule has 0 radical (unpaired) electrons. The van der Waals surface area contributed by atoms with E-state index in [1.165, 1.54) is 6.26 Å². The Labute approximate surface area is 178 Å². The molecule has 6 heteroatoms. The summed E-state index contributed by atoms with van der Waals surface area (Å²) in [6.07, 6.45) is 1.30. The Bertz CT molecular complexity index is 1210. The van der Waals surface area contributed by atoms with Gasteiger partial charge in [0.1, 0.15) is 24.2 Å². The van der Waals surface area contributed by atoms with Gasteiger partial charge in [-0.25, -0.2) is 0 Å². The molecule has 4 aromatic rings. The molecule has 0 fully saturated rings. The molecule has 0 atom stereocenters. The van der Waals surface area contributed by atoms with E-state index in [0.717, 1.165) is 5.56 Å². The minimum absolute atomic E-state index is 0.0875. The van der Waals surface area contributed by atoms with E-state index in [2.05, 4.69) is 0 Å². The van der Waals surface area contributed by atoms with Crippen molar-refractivity contribution in [1.82, 2.24) is 0 Å². The van der Waals surface area contributed by atoms with Gasteiger partial charge in [0.25, 0.3) is 0 Å². The van der Waals surface area contributed by atoms with Crippen molar-refractivity contribution in [2.24, 2.45) is 0 Å². The molecule has 3 aromatic carbocycles. The van der Waals surface area contributed by atoms with Crippen molar-refractivity contribution in [2.75, 3.05) is 6.61 Å². The average molecular weight is 423 g/mol. The van der Waals surface area contributed by atoms with Crippen molar-refractivity contribution in [2.45, 2.75) is 13.5 Å². The second-order valence-electron chi connectivity index (χ2n) is 6.48. The first-order valence-electron chi connectivity index (χ1n) is 9.46. The van der Waals surface area contributed by atoms with Crippen LogP contribution in [0.3, 0.4) is 0 Å². The highest BCUT2D eigenvalue weighted by atomic mass is 35.5. The lowest BCUT2D eigenvalue weighted by Crippen LogP contribution is -2.06. The molecule has 0 aliphatic heterocycles. The first-order valence-corrected chi connectivity index (χ1v) is 9.84. The van der Waals surface area contributed by atoms with Crippen LogP contribution in [0.15, 0.2) is 82.2 Å². The topological polar surface area (TPSA) is 57.9 Å². The third-order valence-corrected chi connectivity index (χ3v) is 4.65. The molecule has 0 amide bonds. The predicted molar refractivity (Wildman–Crippen MR) is 116 cm³/mol.